The lowest BCUT2D eigenvalue weighted by Crippen LogP contribution is -2.23. The van der Waals surface area contributed by atoms with Crippen molar-refractivity contribution in [2.75, 3.05) is 4.90 Å². The van der Waals surface area contributed by atoms with E-state index >= 15 is 0 Å². The molecule has 0 bridgehead atoms. The summed E-state index contributed by atoms with van der Waals surface area (Å²) in [4.78, 5) is 18.9. The minimum Gasteiger partial charge on any atom is -0.303 e. The number of aryl methyl sites for hydroxylation is 2. The van der Waals surface area contributed by atoms with Gasteiger partial charge in [-0.25, -0.2) is 4.98 Å². The van der Waals surface area contributed by atoms with Crippen molar-refractivity contribution >= 4 is 39.8 Å². The summed E-state index contributed by atoms with van der Waals surface area (Å²) in [6.45, 7) is 5.69. The maximum atomic E-state index is 12.4. The van der Waals surface area contributed by atoms with Gasteiger partial charge in [-0.15, -0.1) is 21.5 Å². The number of nitrogens with zero attached hydrogens (tertiary/aromatic N) is 5. The first-order valence-corrected chi connectivity index (χ1v) is 11.3. The molecule has 2 heterocycles. The summed E-state index contributed by atoms with van der Waals surface area (Å²) in [7, 11) is 0. The highest BCUT2D eigenvalue weighted by molar-refractivity contribution is 7.98. The molecule has 28 heavy (non-hydrogen) atoms. The van der Waals surface area contributed by atoms with Crippen molar-refractivity contribution in [3.63, 3.8) is 0 Å². The number of rotatable bonds is 7. The summed E-state index contributed by atoms with van der Waals surface area (Å²) in [5, 5.41) is 12.2. The number of anilines is 2. The summed E-state index contributed by atoms with van der Waals surface area (Å²) < 4.78 is 2.23. The first-order chi connectivity index (χ1) is 13.6. The normalized spacial score (nSPS) is 13.7. The van der Waals surface area contributed by atoms with E-state index in [-0.39, 0.29) is 5.91 Å². The van der Waals surface area contributed by atoms with Crippen LogP contribution in [-0.4, -0.2) is 25.7 Å². The average molecular weight is 414 g/mol. The first kappa shape index (κ1) is 19.1. The average Bonchev–Trinajstić information content (AvgIpc) is 3.30. The van der Waals surface area contributed by atoms with Crippen molar-refractivity contribution in [3.05, 3.63) is 46.7 Å². The van der Waals surface area contributed by atoms with Gasteiger partial charge in [0.25, 0.3) is 0 Å². The Morgan fingerprint density at radius 1 is 1.32 bits per heavy atom. The highest BCUT2D eigenvalue weighted by Gasteiger charge is 2.28. The van der Waals surface area contributed by atoms with Gasteiger partial charge in [-0.1, -0.05) is 36.9 Å². The second-order valence-corrected chi connectivity index (χ2v) is 8.66. The van der Waals surface area contributed by atoms with Crippen LogP contribution in [0.5, 0.6) is 0 Å². The highest BCUT2D eigenvalue weighted by Crippen LogP contribution is 2.39. The van der Waals surface area contributed by atoms with Crippen LogP contribution in [0.2, 0.25) is 0 Å². The van der Waals surface area contributed by atoms with Gasteiger partial charge in [-0.05, 0) is 37.8 Å². The largest absolute Gasteiger partial charge is 0.303 e. The van der Waals surface area contributed by atoms with E-state index < -0.39 is 0 Å². The standard InChI is InChI=1S/C20H23N5OS2/c1-4-15-7-5-6-8-18(15)25(14(3)26)19-21-16(11-27-19)12-28-20-23-22-13(2)24(20)17-9-10-17/h5-8,11,17H,4,9-10,12H2,1-3H3. The molecule has 0 spiro atoms. The van der Waals surface area contributed by atoms with Crippen LogP contribution in [0.25, 0.3) is 0 Å². The summed E-state index contributed by atoms with van der Waals surface area (Å²) >= 11 is 3.16. The van der Waals surface area contributed by atoms with E-state index in [0.29, 0.717) is 16.9 Å². The zero-order valence-corrected chi connectivity index (χ0v) is 17.9. The van der Waals surface area contributed by atoms with E-state index in [0.717, 1.165) is 34.3 Å². The predicted octanol–water partition coefficient (Wildman–Crippen LogP) is 4.92. The molecule has 0 N–H and O–H groups in total. The van der Waals surface area contributed by atoms with Crippen LogP contribution in [0.1, 0.15) is 49.8 Å². The Morgan fingerprint density at radius 3 is 2.82 bits per heavy atom. The molecule has 1 aromatic carbocycles. The summed E-state index contributed by atoms with van der Waals surface area (Å²) in [5.74, 6) is 1.66. The van der Waals surface area contributed by atoms with Crippen molar-refractivity contribution < 1.29 is 4.79 Å². The third kappa shape index (κ3) is 3.84. The Morgan fingerprint density at radius 2 is 2.11 bits per heavy atom. The molecule has 2 aromatic heterocycles. The maximum absolute atomic E-state index is 12.4. The highest BCUT2D eigenvalue weighted by atomic mass is 32.2. The lowest BCUT2D eigenvalue weighted by molar-refractivity contribution is -0.115. The van der Waals surface area contributed by atoms with Crippen molar-refractivity contribution in [3.8, 4) is 0 Å². The summed E-state index contributed by atoms with van der Waals surface area (Å²) in [5.41, 5.74) is 3.00. The molecular formula is C20H23N5OS2. The molecule has 1 amide bonds. The van der Waals surface area contributed by atoms with Crippen LogP contribution in [0.3, 0.4) is 0 Å². The molecule has 6 nitrogen and oxygen atoms in total. The molecule has 0 aliphatic heterocycles. The fourth-order valence-electron chi connectivity index (χ4n) is 3.24. The van der Waals surface area contributed by atoms with Crippen molar-refractivity contribution in [1.82, 2.24) is 19.7 Å². The third-order valence-corrected chi connectivity index (χ3v) is 6.61. The lowest BCUT2D eigenvalue weighted by atomic mass is 10.1. The number of amides is 1. The number of hydrogen-bond donors (Lipinski definition) is 0. The molecule has 4 rings (SSSR count). The Bertz CT molecular complexity index is 992. The van der Waals surface area contributed by atoms with Crippen molar-refractivity contribution in [1.29, 1.82) is 0 Å². The van der Waals surface area contributed by atoms with Crippen LogP contribution < -0.4 is 4.90 Å². The molecule has 8 heteroatoms. The van der Waals surface area contributed by atoms with Gasteiger partial charge in [0.2, 0.25) is 5.91 Å². The summed E-state index contributed by atoms with van der Waals surface area (Å²) in [6.07, 6.45) is 3.28. The Labute approximate surface area is 173 Å². The number of para-hydroxylation sites is 1. The zero-order valence-electron chi connectivity index (χ0n) is 16.3. The minimum absolute atomic E-state index is 0.0291. The van der Waals surface area contributed by atoms with Crippen LogP contribution in [-0.2, 0) is 17.0 Å². The minimum atomic E-state index is -0.0291. The monoisotopic (exact) mass is 413 g/mol. The molecule has 3 aromatic rings. The molecule has 1 saturated carbocycles. The van der Waals surface area contributed by atoms with E-state index in [1.54, 1.807) is 23.6 Å². The van der Waals surface area contributed by atoms with Crippen LogP contribution in [0, 0.1) is 6.92 Å². The number of benzene rings is 1. The quantitative estimate of drug-likeness (QED) is 0.515. The van der Waals surface area contributed by atoms with Gasteiger partial charge in [0.05, 0.1) is 11.4 Å². The number of carbonyl (C=O) groups is 1. The van der Waals surface area contributed by atoms with Crippen LogP contribution >= 0.6 is 23.1 Å². The fourth-order valence-corrected chi connectivity index (χ4v) is 5.17. The lowest BCUT2D eigenvalue weighted by Gasteiger charge is -2.20. The molecular weight excluding hydrogens is 390 g/mol. The second-order valence-electron chi connectivity index (χ2n) is 6.88. The SMILES string of the molecule is CCc1ccccc1N(C(C)=O)c1nc(CSc2nnc(C)n2C2CC2)cs1. The van der Waals surface area contributed by atoms with Crippen LogP contribution in [0.4, 0.5) is 10.8 Å². The van der Waals surface area contributed by atoms with E-state index in [1.807, 2.05) is 30.5 Å². The number of carbonyl (C=O) groups excluding carboxylic acids is 1. The Kier molecular flexibility index (Phi) is 5.50. The predicted molar refractivity (Wildman–Crippen MR) is 113 cm³/mol. The molecule has 1 fully saturated rings. The van der Waals surface area contributed by atoms with E-state index in [4.69, 9.17) is 4.98 Å². The molecule has 1 aliphatic carbocycles. The van der Waals surface area contributed by atoms with Crippen molar-refractivity contribution in [2.45, 2.75) is 57.0 Å². The second kappa shape index (κ2) is 8.05. The third-order valence-electron chi connectivity index (χ3n) is 4.76. The molecule has 0 radical (unpaired) electrons. The number of thiazole rings is 1. The molecule has 0 saturated heterocycles. The van der Waals surface area contributed by atoms with Gasteiger partial charge in [-0.2, -0.15) is 0 Å². The number of aromatic nitrogens is 4. The maximum Gasteiger partial charge on any atom is 0.230 e. The summed E-state index contributed by atoms with van der Waals surface area (Å²) in [6, 6.07) is 8.56. The first-order valence-electron chi connectivity index (χ1n) is 9.45. The smallest absolute Gasteiger partial charge is 0.230 e. The topological polar surface area (TPSA) is 63.9 Å². The van der Waals surface area contributed by atoms with E-state index in [2.05, 4.69) is 27.8 Å². The zero-order chi connectivity index (χ0) is 19.7. The number of thioether (sulfide) groups is 1. The van der Waals surface area contributed by atoms with Crippen LogP contribution in [0.15, 0.2) is 34.8 Å². The van der Waals surface area contributed by atoms with Gasteiger partial charge in [0.1, 0.15) is 5.82 Å². The van der Waals surface area contributed by atoms with E-state index in [1.165, 1.54) is 24.2 Å². The Hall–Kier alpha value is -2.19. The molecule has 1 aliphatic rings. The fraction of sp³-hybridized carbons (Fsp3) is 0.400. The van der Waals surface area contributed by atoms with Gasteiger partial charge in [0.15, 0.2) is 10.3 Å². The van der Waals surface area contributed by atoms with Gasteiger partial charge < -0.3 is 4.57 Å². The van der Waals surface area contributed by atoms with Gasteiger partial charge >= 0.3 is 0 Å². The Balaban J connectivity index is 1.53. The number of hydrogen-bond acceptors (Lipinski definition) is 6. The molecule has 146 valence electrons. The van der Waals surface area contributed by atoms with E-state index in [9.17, 15) is 4.79 Å². The molecule has 0 atom stereocenters. The molecule has 0 unspecified atom stereocenters. The van der Waals surface area contributed by atoms with Gasteiger partial charge in [0, 0.05) is 24.1 Å². The van der Waals surface area contributed by atoms with Gasteiger partial charge in [-0.3, -0.25) is 9.69 Å². The van der Waals surface area contributed by atoms with Crippen molar-refractivity contribution in [2.24, 2.45) is 0 Å².